The third-order valence-corrected chi connectivity index (χ3v) is 17.6. The van der Waals surface area contributed by atoms with Gasteiger partial charge in [0.15, 0.2) is 8.07 Å². The molecule has 0 atom stereocenters. The summed E-state index contributed by atoms with van der Waals surface area (Å²) in [6.45, 7) is 6.53. The highest BCUT2D eigenvalue weighted by Crippen LogP contribution is 2.41. The van der Waals surface area contributed by atoms with Crippen LogP contribution >= 0.6 is 0 Å². The second kappa shape index (κ2) is 15.2. The fourth-order valence-electron chi connectivity index (χ4n) is 9.63. The van der Waals surface area contributed by atoms with Crippen molar-refractivity contribution in [1.29, 1.82) is 0 Å². The molecule has 10 aromatic carbocycles. The van der Waals surface area contributed by atoms with Crippen LogP contribution in [0.3, 0.4) is 0 Å². The number of fused-ring (bicyclic) bond motifs is 6. The lowest BCUT2D eigenvalue weighted by atomic mass is 9.98. The monoisotopic (exact) mass is 811 g/mol. The summed E-state index contributed by atoms with van der Waals surface area (Å²) < 4.78 is 6.63. The minimum absolute atomic E-state index is 0.879. The Morgan fingerprint density at radius 2 is 0.887 bits per heavy atom. The SMILES string of the molecule is Cc1ccc([Si](c2ccc(C)cc2)(c2ccc(C)cc2)c2cccc(N(c3ccc(-c4cccc5ccccc45)cc3)c3ccc4oc5c6ccccc6ccc5c4c3)c2)cc1. The molecule has 0 bridgehead atoms. The van der Waals surface area contributed by atoms with E-state index in [-0.39, 0.29) is 0 Å². The summed E-state index contributed by atoms with van der Waals surface area (Å²) in [5, 5.41) is 12.4. The summed E-state index contributed by atoms with van der Waals surface area (Å²) in [7, 11) is -2.86. The Hall–Kier alpha value is -7.46. The minimum atomic E-state index is -2.86. The Kier molecular flexibility index (Phi) is 9.21. The average Bonchev–Trinajstić information content (AvgIpc) is 3.70. The van der Waals surface area contributed by atoms with Gasteiger partial charge >= 0.3 is 0 Å². The number of aryl methyl sites for hydroxylation is 3. The van der Waals surface area contributed by atoms with Gasteiger partial charge < -0.3 is 9.32 Å². The summed E-state index contributed by atoms with van der Waals surface area (Å²) in [6, 6.07) is 81.2. The second-order valence-corrected chi connectivity index (χ2v) is 20.6. The normalized spacial score (nSPS) is 11.8. The number of nitrogens with zero attached hydrogens (tertiary/aromatic N) is 1. The Balaban J connectivity index is 1.15. The van der Waals surface area contributed by atoms with Crippen LogP contribution < -0.4 is 25.6 Å². The van der Waals surface area contributed by atoms with Crippen LogP contribution in [0, 0.1) is 20.8 Å². The van der Waals surface area contributed by atoms with Crippen molar-refractivity contribution in [3.05, 3.63) is 235 Å². The average molecular weight is 812 g/mol. The smallest absolute Gasteiger partial charge is 0.179 e. The third-order valence-electron chi connectivity index (χ3n) is 12.8. The number of rotatable bonds is 8. The Bertz CT molecular complexity index is 3300. The number of hydrogen-bond acceptors (Lipinski definition) is 2. The van der Waals surface area contributed by atoms with Crippen molar-refractivity contribution in [2.45, 2.75) is 20.8 Å². The van der Waals surface area contributed by atoms with Crippen LogP contribution in [0.25, 0.3) is 54.6 Å². The first-order valence-electron chi connectivity index (χ1n) is 21.5. The van der Waals surface area contributed by atoms with Crippen molar-refractivity contribution in [3.8, 4) is 11.1 Å². The quantitative estimate of drug-likeness (QED) is 0.112. The topological polar surface area (TPSA) is 16.4 Å². The molecular formula is C59H45NOSi. The maximum atomic E-state index is 6.63. The molecule has 0 saturated heterocycles. The van der Waals surface area contributed by atoms with E-state index in [1.807, 2.05) is 0 Å². The lowest BCUT2D eigenvalue weighted by Crippen LogP contribution is -2.74. The van der Waals surface area contributed by atoms with Crippen molar-refractivity contribution in [1.82, 2.24) is 0 Å². The summed E-state index contributed by atoms with van der Waals surface area (Å²) in [5.74, 6) is 0. The van der Waals surface area contributed by atoms with E-state index in [9.17, 15) is 0 Å². The molecule has 11 rings (SSSR count). The van der Waals surface area contributed by atoms with Gasteiger partial charge in [0.05, 0.1) is 0 Å². The largest absolute Gasteiger partial charge is 0.455 e. The summed E-state index contributed by atoms with van der Waals surface area (Å²) >= 11 is 0. The molecule has 0 amide bonds. The molecule has 1 aromatic heterocycles. The molecule has 11 aromatic rings. The number of furan rings is 1. The fourth-order valence-corrected chi connectivity index (χ4v) is 14.3. The number of hydrogen-bond donors (Lipinski definition) is 0. The lowest BCUT2D eigenvalue weighted by molar-refractivity contribution is 0.672. The number of benzene rings is 10. The standard InChI is InChI=1S/C59H45NOSi/c1-40-18-30-49(31-19-40)62(50-32-20-41(2)21-33-50,51-34-22-42(3)23-35-51)52-14-9-13-47(38-52)60(46-27-24-45(25-28-46)54-17-8-12-43-10-4-6-15-53(43)54)48-29-37-58-57(39-48)56-36-26-44-11-5-7-16-55(44)59(56)61-58/h4-39H,1-3H3. The molecule has 0 radical (unpaired) electrons. The van der Waals surface area contributed by atoms with Crippen LogP contribution in [0.15, 0.2) is 223 Å². The molecule has 0 fully saturated rings. The van der Waals surface area contributed by atoms with E-state index in [0.29, 0.717) is 0 Å². The van der Waals surface area contributed by atoms with Gasteiger partial charge in [-0.2, -0.15) is 0 Å². The van der Waals surface area contributed by atoms with Gasteiger partial charge in [-0.25, -0.2) is 0 Å². The molecule has 1 heterocycles. The van der Waals surface area contributed by atoms with Gasteiger partial charge in [-0.05, 0) is 117 Å². The van der Waals surface area contributed by atoms with E-state index in [1.54, 1.807) is 0 Å². The molecule has 0 spiro atoms. The van der Waals surface area contributed by atoms with Crippen LogP contribution in [0.2, 0.25) is 0 Å². The lowest BCUT2D eigenvalue weighted by Gasteiger charge is -2.36. The van der Waals surface area contributed by atoms with E-state index in [0.717, 1.165) is 44.4 Å². The molecule has 0 aliphatic heterocycles. The zero-order valence-electron chi connectivity index (χ0n) is 35.1. The van der Waals surface area contributed by atoms with Crippen molar-refractivity contribution in [2.24, 2.45) is 0 Å². The third kappa shape index (κ3) is 6.32. The van der Waals surface area contributed by atoms with Crippen LogP contribution in [0.1, 0.15) is 16.7 Å². The fraction of sp³-hybridized carbons (Fsp3) is 0.0508. The maximum Gasteiger partial charge on any atom is 0.179 e. The van der Waals surface area contributed by atoms with E-state index < -0.39 is 8.07 Å². The molecule has 0 aliphatic rings. The predicted molar refractivity (Wildman–Crippen MR) is 267 cm³/mol. The van der Waals surface area contributed by atoms with Crippen molar-refractivity contribution in [3.63, 3.8) is 0 Å². The first kappa shape index (κ1) is 37.5. The van der Waals surface area contributed by atoms with Crippen LogP contribution in [0.5, 0.6) is 0 Å². The minimum Gasteiger partial charge on any atom is -0.455 e. The number of anilines is 3. The molecule has 2 nitrogen and oxygen atoms in total. The Morgan fingerprint density at radius 1 is 0.355 bits per heavy atom. The van der Waals surface area contributed by atoms with Crippen LogP contribution in [0.4, 0.5) is 17.1 Å². The van der Waals surface area contributed by atoms with Gasteiger partial charge in [-0.15, -0.1) is 0 Å². The first-order valence-corrected chi connectivity index (χ1v) is 23.5. The van der Waals surface area contributed by atoms with Gasteiger partial charge in [-0.1, -0.05) is 187 Å². The molecule has 3 heteroatoms. The molecule has 296 valence electrons. The Labute approximate surface area is 364 Å². The van der Waals surface area contributed by atoms with E-state index in [2.05, 4.69) is 244 Å². The molecule has 0 aliphatic carbocycles. The molecule has 62 heavy (non-hydrogen) atoms. The zero-order valence-corrected chi connectivity index (χ0v) is 36.1. The van der Waals surface area contributed by atoms with Gasteiger partial charge in [0.1, 0.15) is 11.2 Å². The zero-order chi connectivity index (χ0) is 41.8. The van der Waals surface area contributed by atoms with Crippen LogP contribution in [-0.2, 0) is 0 Å². The van der Waals surface area contributed by atoms with E-state index in [1.165, 1.54) is 64.7 Å². The summed E-state index contributed by atoms with van der Waals surface area (Å²) in [6.07, 6.45) is 0. The molecule has 0 unspecified atom stereocenters. The second-order valence-electron chi connectivity index (χ2n) is 16.8. The van der Waals surface area contributed by atoms with Crippen molar-refractivity contribution in [2.75, 3.05) is 4.90 Å². The Morgan fingerprint density at radius 3 is 1.53 bits per heavy atom. The first-order chi connectivity index (χ1) is 30.4. The van der Waals surface area contributed by atoms with Gasteiger partial charge in [0.2, 0.25) is 0 Å². The highest BCUT2D eigenvalue weighted by molar-refractivity contribution is 7.20. The summed E-state index contributed by atoms with van der Waals surface area (Å²) in [5.41, 5.74) is 11.2. The predicted octanol–water partition coefficient (Wildman–Crippen LogP) is 13.3. The van der Waals surface area contributed by atoms with E-state index in [4.69, 9.17) is 4.42 Å². The van der Waals surface area contributed by atoms with E-state index >= 15 is 0 Å². The molecule has 0 N–H and O–H groups in total. The van der Waals surface area contributed by atoms with Crippen molar-refractivity contribution < 1.29 is 4.42 Å². The maximum absolute atomic E-state index is 6.63. The molecular weight excluding hydrogens is 767 g/mol. The van der Waals surface area contributed by atoms with Gasteiger partial charge in [-0.3, -0.25) is 0 Å². The van der Waals surface area contributed by atoms with Gasteiger partial charge in [0, 0.05) is 33.2 Å². The summed E-state index contributed by atoms with van der Waals surface area (Å²) in [4.78, 5) is 2.42. The highest BCUT2D eigenvalue weighted by atomic mass is 28.3. The van der Waals surface area contributed by atoms with Crippen molar-refractivity contribution >= 4 is 89.4 Å². The van der Waals surface area contributed by atoms with Gasteiger partial charge in [0.25, 0.3) is 0 Å². The highest BCUT2D eigenvalue weighted by Gasteiger charge is 2.42. The van der Waals surface area contributed by atoms with Crippen LogP contribution in [-0.4, -0.2) is 8.07 Å². The molecule has 0 saturated carbocycles.